The van der Waals surface area contributed by atoms with Gasteiger partial charge in [0.05, 0.1) is 6.10 Å². The third-order valence-electron chi connectivity index (χ3n) is 5.27. The molecule has 2 rings (SSSR count). The third kappa shape index (κ3) is 2.83. The Labute approximate surface area is 129 Å². The van der Waals surface area contributed by atoms with E-state index in [0.717, 1.165) is 25.0 Å². The standard InChI is InChI=1S/C19H30O2/c1-7-19(8-2)16(20)12-17(19)21-15-11-13(3)9-10-14(15)18(4,5)6/h9-11,16-17,20H,7-8,12H2,1-6H3. The molecule has 118 valence electrons. The summed E-state index contributed by atoms with van der Waals surface area (Å²) in [5, 5.41) is 10.2. The van der Waals surface area contributed by atoms with E-state index in [2.05, 4.69) is 59.7 Å². The van der Waals surface area contributed by atoms with Crippen LogP contribution in [0.4, 0.5) is 0 Å². The first kappa shape index (κ1) is 16.4. The second kappa shape index (κ2) is 5.64. The zero-order valence-electron chi connectivity index (χ0n) is 14.4. The van der Waals surface area contributed by atoms with Gasteiger partial charge >= 0.3 is 0 Å². The second-order valence-corrected chi connectivity index (χ2v) is 7.55. The molecule has 2 unspecified atom stereocenters. The molecule has 0 aliphatic heterocycles. The van der Waals surface area contributed by atoms with Crippen LogP contribution in [0.2, 0.25) is 0 Å². The molecule has 0 aromatic heterocycles. The monoisotopic (exact) mass is 290 g/mol. The Morgan fingerprint density at radius 1 is 1.24 bits per heavy atom. The number of rotatable bonds is 4. The highest BCUT2D eigenvalue weighted by Gasteiger charge is 2.53. The summed E-state index contributed by atoms with van der Waals surface area (Å²) in [6.45, 7) is 13.1. The van der Waals surface area contributed by atoms with Gasteiger partial charge in [-0.25, -0.2) is 0 Å². The van der Waals surface area contributed by atoms with Crippen molar-refractivity contribution in [1.29, 1.82) is 0 Å². The van der Waals surface area contributed by atoms with Crippen LogP contribution in [-0.2, 0) is 5.41 Å². The Bertz CT molecular complexity index is 495. The number of hydrogen-bond donors (Lipinski definition) is 1. The van der Waals surface area contributed by atoms with Crippen molar-refractivity contribution in [3.8, 4) is 5.75 Å². The summed E-state index contributed by atoms with van der Waals surface area (Å²) in [5.74, 6) is 0.991. The Hall–Kier alpha value is -1.02. The average molecular weight is 290 g/mol. The van der Waals surface area contributed by atoms with Gasteiger partial charge in [-0.1, -0.05) is 46.8 Å². The van der Waals surface area contributed by atoms with Crippen molar-refractivity contribution in [3.63, 3.8) is 0 Å². The van der Waals surface area contributed by atoms with Gasteiger partial charge in [0.2, 0.25) is 0 Å². The van der Waals surface area contributed by atoms with Gasteiger partial charge in [-0.3, -0.25) is 0 Å². The molecule has 0 heterocycles. The molecule has 1 fully saturated rings. The first-order valence-electron chi connectivity index (χ1n) is 8.20. The molecule has 1 aliphatic carbocycles. The summed E-state index contributed by atoms with van der Waals surface area (Å²) < 4.78 is 6.40. The Balaban J connectivity index is 2.30. The van der Waals surface area contributed by atoms with Crippen LogP contribution in [0.3, 0.4) is 0 Å². The summed E-state index contributed by atoms with van der Waals surface area (Å²) in [6, 6.07) is 6.47. The van der Waals surface area contributed by atoms with Gasteiger partial charge in [-0.2, -0.15) is 0 Å². The van der Waals surface area contributed by atoms with E-state index in [0.29, 0.717) is 0 Å². The zero-order valence-corrected chi connectivity index (χ0v) is 14.4. The molecule has 1 aromatic rings. The van der Waals surface area contributed by atoms with Crippen LogP contribution in [0, 0.1) is 12.3 Å². The number of benzene rings is 1. The highest BCUT2D eigenvalue weighted by Crippen LogP contribution is 2.49. The van der Waals surface area contributed by atoms with Crippen LogP contribution in [0.25, 0.3) is 0 Å². The molecule has 2 nitrogen and oxygen atoms in total. The van der Waals surface area contributed by atoms with Crippen molar-refractivity contribution in [2.75, 3.05) is 0 Å². The van der Waals surface area contributed by atoms with Gasteiger partial charge in [0, 0.05) is 11.8 Å². The number of ether oxygens (including phenoxy) is 1. The summed E-state index contributed by atoms with van der Waals surface area (Å²) in [5.41, 5.74) is 2.46. The first-order chi connectivity index (χ1) is 9.74. The van der Waals surface area contributed by atoms with E-state index in [4.69, 9.17) is 4.74 Å². The molecule has 0 bridgehead atoms. The normalized spacial score (nSPS) is 24.5. The topological polar surface area (TPSA) is 29.5 Å². The van der Waals surface area contributed by atoms with Crippen molar-refractivity contribution in [3.05, 3.63) is 29.3 Å². The van der Waals surface area contributed by atoms with E-state index in [9.17, 15) is 5.11 Å². The maximum absolute atomic E-state index is 10.2. The minimum absolute atomic E-state index is 0.0620. The summed E-state index contributed by atoms with van der Waals surface area (Å²) in [6.07, 6.45) is 2.59. The SMILES string of the molecule is CCC1(CC)C(O)CC1Oc1cc(C)ccc1C(C)(C)C. The lowest BCUT2D eigenvalue weighted by Gasteiger charge is -2.52. The molecule has 0 amide bonds. The number of hydrogen-bond acceptors (Lipinski definition) is 2. The molecular weight excluding hydrogens is 260 g/mol. The molecule has 1 N–H and O–H groups in total. The Morgan fingerprint density at radius 3 is 2.33 bits per heavy atom. The minimum Gasteiger partial charge on any atom is -0.489 e. The second-order valence-electron chi connectivity index (χ2n) is 7.55. The van der Waals surface area contributed by atoms with Gasteiger partial charge in [0.1, 0.15) is 11.9 Å². The van der Waals surface area contributed by atoms with Gasteiger partial charge in [0.15, 0.2) is 0 Å². The molecule has 0 radical (unpaired) electrons. The third-order valence-corrected chi connectivity index (χ3v) is 5.27. The van der Waals surface area contributed by atoms with Crippen molar-refractivity contribution >= 4 is 0 Å². The van der Waals surface area contributed by atoms with Crippen LogP contribution < -0.4 is 4.74 Å². The van der Waals surface area contributed by atoms with Gasteiger partial charge in [0.25, 0.3) is 0 Å². The number of aliphatic hydroxyl groups excluding tert-OH is 1. The fourth-order valence-corrected chi connectivity index (χ4v) is 3.57. The molecule has 0 spiro atoms. The van der Waals surface area contributed by atoms with E-state index in [-0.39, 0.29) is 23.0 Å². The maximum Gasteiger partial charge on any atom is 0.123 e. The Morgan fingerprint density at radius 2 is 1.86 bits per heavy atom. The van der Waals surface area contributed by atoms with Crippen LogP contribution in [-0.4, -0.2) is 17.3 Å². The fraction of sp³-hybridized carbons (Fsp3) is 0.684. The van der Waals surface area contributed by atoms with Crippen molar-refractivity contribution in [2.45, 2.75) is 78.4 Å². The quantitative estimate of drug-likeness (QED) is 0.877. The highest BCUT2D eigenvalue weighted by atomic mass is 16.5. The van der Waals surface area contributed by atoms with Crippen molar-refractivity contribution in [2.24, 2.45) is 5.41 Å². The summed E-state index contributed by atoms with van der Waals surface area (Å²) in [7, 11) is 0. The zero-order chi connectivity index (χ0) is 15.8. The van der Waals surface area contributed by atoms with Gasteiger partial charge < -0.3 is 9.84 Å². The molecule has 2 heteroatoms. The van der Waals surface area contributed by atoms with E-state index in [1.807, 2.05) is 0 Å². The lowest BCUT2D eigenvalue weighted by atomic mass is 9.60. The number of aliphatic hydroxyl groups is 1. The fourth-order valence-electron chi connectivity index (χ4n) is 3.57. The molecule has 1 saturated carbocycles. The van der Waals surface area contributed by atoms with Crippen LogP contribution >= 0.6 is 0 Å². The lowest BCUT2D eigenvalue weighted by Crippen LogP contribution is -2.59. The van der Waals surface area contributed by atoms with Gasteiger partial charge in [-0.05, 0) is 42.4 Å². The molecule has 1 aliphatic rings. The smallest absolute Gasteiger partial charge is 0.123 e. The summed E-state index contributed by atoms with van der Waals surface area (Å²) >= 11 is 0. The highest BCUT2D eigenvalue weighted by molar-refractivity contribution is 5.41. The maximum atomic E-state index is 10.2. The average Bonchev–Trinajstić information content (AvgIpc) is 2.38. The predicted molar refractivity (Wildman–Crippen MR) is 87.9 cm³/mol. The molecule has 21 heavy (non-hydrogen) atoms. The predicted octanol–water partition coefficient (Wildman–Crippen LogP) is 4.61. The van der Waals surface area contributed by atoms with E-state index < -0.39 is 0 Å². The van der Waals surface area contributed by atoms with E-state index >= 15 is 0 Å². The first-order valence-corrected chi connectivity index (χ1v) is 8.20. The van der Waals surface area contributed by atoms with Crippen molar-refractivity contribution in [1.82, 2.24) is 0 Å². The van der Waals surface area contributed by atoms with Crippen LogP contribution in [0.1, 0.15) is 65.0 Å². The molecule has 2 atom stereocenters. The van der Waals surface area contributed by atoms with Crippen LogP contribution in [0.5, 0.6) is 5.75 Å². The minimum atomic E-state index is -0.222. The lowest BCUT2D eigenvalue weighted by molar-refractivity contribution is -0.160. The van der Waals surface area contributed by atoms with E-state index in [1.54, 1.807) is 0 Å². The summed E-state index contributed by atoms with van der Waals surface area (Å²) in [4.78, 5) is 0. The number of aryl methyl sites for hydroxylation is 1. The van der Waals surface area contributed by atoms with Gasteiger partial charge in [-0.15, -0.1) is 0 Å². The Kier molecular flexibility index (Phi) is 4.39. The van der Waals surface area contributed by atoms with Crippen molar-refractivity contribution < 1.29 is 9.84 Å². The molecule has 0 saturated heterocycles. The molecule has 1 aromatic carbocycles. The molecular formula is C19H30O2. The van der Waals surface area contributed by atoms with Crippen LogP contribution in [0.15, 0.2) is 18.2 Å². The van der Waals surface area contributed by atoms with E-state index in [1.165, 1.54) is 11.1 Å². The largest absolute Gasteiger partial charge is 0.489 e.